The van der Waals surface area contributed by atoms with Gasteiger partial charge in [0.1, 0.15) is 0 Å². The van der Waals surface area contributed by atoms with Gasteiger partial charge in [0.2, 0.25) is 0 Å². The Bertz CT molecular complexity index is 607. The highest BCUT2D eigenvalue weighted by Crippen LogP contribution is 2.40. The van der Waals surface area contributed by atoms with Crippen LogP contribution >= 0.6 is 0 Å². The van der Waals surface area contributed by atoms with Crippen LogP contribution in [0.15, 0.2) is 35.9 Å². The number of carbonyl (C=O) groups excluding carboxylic acids is 1. The molecule has 1 heteroatoms. The van der Waals surface area contributed by atoms with E-state index in [-0.39, 0.29) is 11.4 Å². The lowest BCUT2D eigenvalue weighted by Gasteiger charge is -2.06. The van der Waals surface area contributed by atoms with Gasteiger partial charge in [-0.3, -0.25) is 4.79 Å². The van der Waals surface area contributed by atoms with Crippen LogP contribution in [0, 0.1) is 19.3 Å². The van der Waals surface area contributed by atoms with Crippen molar-refractivity contribution >= 4 is 11.9 Å². The number of allylic oxidation sites excluding steroid dienone is 2. The van der Waals surface area contributed by atoms with Crippen molar-refractivity contribution < 1.29 is 4.79 Å². The van der Waals surface area contributed by atoms with Crippen molar-refractivity contribution in [2.24, 2.45) is 0 Å². The summed E-state index contributed by atoms with van der Waals surface area (Å²) >= 11 is 0. The summed E-state index contributed by atoms with van der Waals surface area (Å²) in [4.78, 5) is 11.9. The third-order valence-electron chi connectivity index (χ3n) is 3.52. The van der Waals surface area contributed by atoms with Gasteiger partial charge in [-0.1, -0.05) is 30.7 Å². The van der Waals surface area contributed by atoms with Crippen molar-refractivity contribution in [3.63, 3.8) is 0 Å². The first kappa shape index (κ1) is 13.4. The fraction of sp³-hybridized carbons (Fsp3) is 0.278. The number of hydrogen-bond acceptors (Lipinski definition) is 1. The average Bonchev–Trinajstić information content (AvgIpc) is 3.23. The highest BCUT2D eigenvalue weighted by atomic mass is 16.1. The number of benzene rings is 1. The molecule has 1 fully saturated rings. The zero-order valence-corrected chi connectivity index (χ0v) is 11.5. The summed E-state index contributed by atoms with van der Waals surface area (Å²) in [6.07, 6.45) is 9.68. The molecule has 0 aromatic heterocycles. The molecule has 0 unspecified atom stereocenters. The van der Waals surface area contributed by atoms with Gasteiger partial charge in [0.15, 0.2) is 5.78 Å². The van der Waals surface area contributed by atoms with Gasteiger partial charge < -0.3 is 0 Å². The summed E-state index contributed by atoms with van der Waals surface area (Å²) in [5.41, 5.74) is 4.51. The van der Waals surface area contributed by atoms with E-state index in [1.165, 1.54) is 24.0 Å². The number of Topliss-reactive ketones (excluding diaryl/α,β-unsaturated/α-hetero) is 1. The molecule has 0 saturated heterocycles. The molecule has 0 atom stereocenters. The largest absolute Gasteiger partial charge is 0.288 e. The van der Waals surface area contributed by atoms with E-state index in [1.54, 1.807) is 6.92 Å². The summed E-state index contributed by atoms with van der Waals surface area (Å²) in [5.74, 6) is 2.89. The van der Waals surface area contributed by atoms with E-state index in [4.69, 9.17) is 6.42 Å². The number of aryl methyl sites for hydroxylation is 1. The van der Waals surface area contributed by atoms with E-state index in [2.05, 4.69) is 37.6 Å². The van der Waals surface area contributed by atoms with Crippen molar-refractivity contribution in [2.75, 3.05) is 0 Å². The van der Waals surface area contributed by atoms with Crippen molar-refractivity contribution in [3.05, 3.63) is 52.6 Å². The van der Waals surface area contributed by atoms with E-state index < -0.39 is 0 Å². The second-order valence-electron chi connectivity index (χ2n) is 5.17. The smallest absolute Gasteiger partial charge is 0.196 e. The first-order chi connectivity index (χ1) is 9.02. The van der Waals surface area contributed by atoms with E-state index in [1.807, 2.05) is 6.08 Å². The molecular formula is C18H18O. The van der Waals surface area contributed by atoms with Crippen molar-refractivity contribution in [1.82, 2.24) is 0 Å². The summed E-state index contributed by atoms with van der Waals surface area (Å²) in [7, 11) is 0. The second kappa shape index (κ2) is 5.28. The maximum absolute atomic E-state index is 11.9. The van der Waals surface area contributed by atoms with Crippen LogP contribution in [0.4, 0.5) is 0 Å². The molecule has 2 rings (SSSR count). The second-order valence-corrected chi connectivity index (χ2v) is 5.17. The monoisotopic (exact) mass is 250 g/mol. The van der Waals surface area contributed by atoms with Gasteiger partial charge in [0.05, 0.1) is 5.57 Å². The Morgan fingerprint density at radius 1 is 1.47 bits per heavy atom. The molecule has 1 nitrogen and oxygen atoms in total. The molecule has 1 aliphatic carbocycles. The molecule has 1 aromatic carbocycles. The minimum atomic E-state index is -0.159. The Morgan fingerprint density at radius 2 is 2.16 bits per heavy atom. The van der Waals surface area contributed by atoms with Crippen LogP contribution in [0.25, 0.3) is 6.08 Å². The van der Waals surface area contributed by atoms with Gasteiger partial charge in [-0.15, -0.1) is 6.42 Å². The number of terminal acetylenes is 1. The molecule has 0 radical (unpaired) electrons. The van der Waals surface area contributed by atoms with E-state index in [0.29, 0.717) is 5.57 Å². The number of ketones is 1. The molecule has 1 aromatic rings. The summed E-state index contributed by atoms with van der Waals surface area (Å²) in [6, 6.07) is 6.46. The van der Waals surface area contributed by atoms with Gasteiger partial charge in [-0.2, -0.15) is 0 Å². The van der Waals surface area contributed by atoms with Crippen LogP contribution in [0.5, 0.6) is 0 Å². The minimum absolute atomic E-state index is 0.159. The van der Waals surface area contributed by atoms with Gasteiger partial charge >= 0.3 is 0 Å². The zero-order chi connectivity index (χ0) is 14.0. The third-order valence-corrected chi connectivity index (χ3v) is 3.52. The van der Waals surface area contributed by atoms with Crippen LogP contribution in [-0.2, 0) is 4.79 Å². The standard InChI is InChI=1S/C18H18O/c1-5-12(2)18(19)14(4)11-16-8-9-17(10-13(16)3)15-6-7-15/h1,8-11,15H,2,6-7H2,3-4H3/b14-11+. The van der Waals surface area contributed by atoms with Crippen molar-refractivity contribution in [2.45, 2.75) is 32.6 Å². The zero-order valence-electron chi connectivity index (χ0n) is 11.5. The Morgan fingerprint density at radius 3 is 2.68 bits per heavy atom. The molecule has 0 heterocycles. The van der Waals surface area contributed by atoms with Gasteiger partial charge in [-0.05, 0) is 60.9 Å². The van der Waals surface area contributed by atoms with Crippen molar-refractivity contribution in [1.29, 1.82) is 0 Å². The van der Waals surface area contributed by atoms with E-state index >= 15 is 0 Å². The number of carbonyl (C=O) groups is 1. The molecule has 19 heavy (non-hydrogen) atoms. The SMILES string of the molecule is C#CC(=C)C(=O)/C(C)=C/c1ccc(C2CC2)cc1C. The lowest BCUT2D eigenvalue weighted by molar-refractivity contribution is -0.111. The average molecular weight is 250 g/mol. The lowest BCUT2D eigenvalue weighted by atomic mass is 9.98. The predicted molar refractivity (Wildman–Crippen MR) is 79.8 cm³/mol. The van der Waals surface area contributed by atoms with Gasteiger partial charge in [-0.25, -0.2) is 0 Å². The van der Waals surface area contributed by atoms with Crippen LogP contribution in [0.2, 0.25) is 0 Å². The van der Waals surface area contributed by atoms with Crippen LogP contribution < -0.4 is 0 Å². The summed E-state index contributed by atoms with van der Waals surface area (Å²) in [5, 5.41) is 0. The molecule has 1 aliphatic rings. The van der Waals surface area contributed by atoms with E-state index in [9.17, 15) is 4.79 Å². The Kier molecular flexibility index (Phi) is 3.71. The molecule has 96 valence electrons. The molecule has 0 spiro atoms. The highest BCUT2D eigenvalue weighted by Gasteiger charge is 2.23. The molecule has 0 amide bonds. The maximum atomic E-state index is 11.9. The quantitative estimate of drug-likeness (QED) is 0.582. The Labute approximate surface area is 115 Å². The summed E-state index contributed by atoms with van der Waals surface area (Å²) in [6.45, 7) is 7.43. The normalized spacial score (nSPS) is 14.9. The topological polar surface area (TPSA) is 17.1 Å². The van der Waals surface area contributed by atoms with Gasteiger partial charge in [0, 0.05) is 0 Å². The van der Waals surface area contributed by atoms with Crippen LogP contribution in [0.1, 0.15) is 42.4 Å². The van der Waals surface area contributed by atoms with Crippen LogP contribution in [0.3, 0.4) is 0 Å². The van der Waals surface area contributed by atoms with Gasteiger partial charge in [0.25, 0.3) is 0 Å². The molecule has 0 N–H and O–H groups in total. The molecule has 0 bridgehead atoms. The highest BCUT2D eigenvalue weighted by molar-refractivity contribution is 6.12. The fourth-order valence-corrected chi connectivity index (χ4v) is 2.13. The molecule has 1 saturated carbocycles. The van der Waals surface area contributed by atoms with Crippen molar-refractivity contribution in [3.8, 4) is 12.3 Å². The summed E-state index contributed by atoms with van der Waals surface area (Å²) < 4.78 is 0. The Hall–Kier alpha value is -2.07. The van der Waals surface area contributed by atoms with Crippen LogP contribution in [-0.4, -0.2) is 5.78 Å². The number of rotatable bonds is 4. The first-order valence-corrected chi connectivity index (χ1v) is 6.52. The fourth-order valence-electron chi connectivity index (χ4n) is 2.13. The molecule has 0 aliphatic heterocycles. The maximum Gasteiger partial charge on any atom is 0.196 e. The first-order valence-electron chi connectivity index (χ1n) is 6.52. The third kappa shape index (κ3) is 3.03. The lowest BCUT2D eigenvalue weighted by Crippen LogP contribution is -2.01. The minimum Gasteiger partial charge on any atom is -0.288 e. The predicted octanol–water partition coefficient (Wildman–Crippen LogP) is 4.03. The van der Waals surface area contributed by atoms with E-state index in [0.717, 1.165) is 11.5 Å². The number of hydrogen-bond donors (Lipinski definition) is 0. The Balaban J connectivity index is 2.25. The molecular weight excluding hydrogens is 232 g/mol.